The Morgan fingerprint density at radius 3 is 2.67 bits per heavy atom. The first-order valence-electron chi connectivity index (χ1n) is 5.05. The van der Waals surface area contributed by atoms with Crippen LogP contribution in [0.25, 0.3) is 0 Å². The SMILES string of the molecule is CC(Nc1nc(C(F)(F)F)ns1)c1ccccn1. The smallest absolute Gasteiger partial charge is 0.352 e. The zero-order chi connectivity index (χ0) is 13.2. The minimum atomic E-state index is -4.51. The first-order valence-corrected chi connectivity index (χ1v) is 5.82. The van der Waals surface area contributed by atoms with Crippen molar-refractivity contribution in [3.8, 4) is 0 Å². The summed E-state index contributed by atoms with van der Waals surface area (Å²) in [6.45, 7) is 1.79. The zero-order valence-corrected chi connectivity index (χ0v) is 10.1. The van der Waals surface area contributed by atoms with Gasteiger partial charge in [-0.05, 0) is 19.1 Å². The fraction of sp³-hybridized carbons (Fsp3) is 0.300. The molecule has 0 saturated heterocycles. The van der Waals surface area contributed by atoms with Crippen LogP contribution in [0.3, 0.4) is 0 Å². The minimum Gasteiger partial charge on any atom is -0.352 e. The second kappa shape index (κ2) is 4.89. The van der Waals surface area contributed by atoms with Crippen LogP contribution in [-0.4, -0.2) is 14.3 Å². The number of alkyl halides is 3. The molecule has 2 heterocycles. The van der Waals surface area contributed by atoms with Crippen LogP contribution in [0, 0.1) is 0 Å². The van der Waals surface area contributed by atoms with Crippen LogP contribution in [0.5, 0.6) is 0 Å². The van der Waals surface area contributed by atoms with Crippen LogP contribution in [0.4, 0.5) is 18.3 Å². The van der Waals surface area contributed by atoms with E-state index in [2.05, 4.69) is 19.7 Å². The van der Waals surface area contributed by atoms with Crippen LogP contribution in [-0.2, 0) is 6.18 Å². The van der Waals surface area contributed by atoms with Crippen LogP contribution in [0.2, 0.25) is 0 Å². The lowest BCUT2D eigenvalue weighted by molar-refractivity contribution is -0.144. The van der Waals surface area contributed by atoms with Crippen molar-refractivity contribution in [2.24, 2.45) is 0 Å². The summed E-state index contributed by atoms with van der Waals surface area (Å²) in [6, 6.07) is 5.12. The number of pyridine rings is 1. The molecule has 0 bridgehead atoms. The topological polar surface area (TPSA) is 50.7 Å². The second-order valence-electron chi connectivity index (χ2n) is 3.54. The van der Waals surface area contributed by atoms with Crippen LogP contribution in [0.15, 0.2) is 24.4 Å². The number of nitrogens with one attached hydrogen (secondary N) is 1. The lowest BCUT2D eigenvalue weighted by atomic mass is 10.2. The van der Waals surface area contributed by atoms with Crippen LogP contribution in [0.1, 0.15) is 24.5 Å². The molecule has 8 heteroatoms. The van der Waals surface area contributed by atoms with Gasteiger partial charge >= 0.3 is 6.18 Å². The Balaban J connectivity index is 2.08. The molecule has 18 heavy (non-hydrogen) atoms. The first kappa shape index (κ1) is 12.7. The number of anilines is 1. The maximum atomic E-state index is 12.3. The molecule has 1 unspecified atom stereocenters. The number of nitrogens with zero attached hydrogens (tertiary/aromatic N) is 3. The van der Waals surface area contributed by atoms with E-state index in [0.29, 0.717) is 11.5 Å². The Morgan fingerprint density at radius 1 is 1.33 bits per heavy atom. The lowest BCUT2D eigenvalue weighted by Crippen LogP contribution is -2.10. The van der Waals surface area contributed by atoms with Crippen molar-refractivity contribution in [3.05, 3.63) is 35.9 Å². The summed E-state index contributed by atoms with van der Waals surface area (Å²) in [4.78, 5) is 7.49. The van der Waals surface area contributed by atoms with Gasteiger partial charge < -0.3 is 5.32 Å². The Kier molecular flexibility index (Phi) is 3.46. The van der Waals surface area contributed by atoms with Gasteiger partial charge in [-0.25, -0.2) is 0 Å². The van der Waals surface area contributed by atoms with E-state index < -0.39 is 12.0 Å². The van der Waals surface area contributed by atoms with Gasteiger partial charge in [-0.1, -0.05) is 6.07 Å². The van der Waals surface area contributed by atoms with Crippen molar-refractivity contribution < 1.29 is 13.2 Å². The molecule has 0 aliphatic rings. The third kappa shape index (κ3) is 2.95. The summed E-state index contributed by atoms with van der Waals surface area (Å²) >= 11 is 0.679. The maximum Gasteiger partial charge on any atom is 0.452 e. The lowest BCUT2D eigenvalue weighted by Gasteiger charge is -2.11. The van der Waals surface area contributed by atoms with Crippen LogP contribution < -0.4 is 5.32 Å². The molecule has 0 fully saturated rings. The first-order chi connectivity index (χ1) is 8.47. The molecule has 1 N–H and O–H groups in total. The average molecular weight is 274 g/mol. The Hall–Kier alpha value is -1.70. The Bertz CT molecular complexity index is 511. The Labute approximate surface area is 105 Å². The van der Waals surface area contributed by atoms with Crippen molar-refractivity contribution in [2.75, 3.05) is 5.32 Å². The quantitative estimate of drug-likeness (QED) is 0.934. The third-order valence-corrected chi connectivity index (χ3v) is 2.80. The molecule has 1 atom stereocenters. The molecule has 0 aromatic carbocycles. The van der Waals surface area contributed by atoms with Gasteiger partial charge in [0.25, 0.3) is 0 Å². The molecule has 0 saturated carbocycles. The van der Waals surface area contributed by atoms with Crippen molar-refractivity contribution in [2.45, 2.75) is 19.1 Å². The highest BCUT2D eigenvalue weighted by Crippen LogP contribution is 2.29. The van der Waals surface area contributed by atoms with E-state index in [4.69, 9.17) is 0 Å². The average Bonchev–Trinajstić information content (AvgIpc) is 2.78. The third-order valence-electron chi connectivity index (χ3n) is 2.15. The molecule has 96 valence electrons. The highest BCUT2D eigenvalue weighted by molar-refractivity contribution is 7.09. The molecule has 0 amide bonds. The fourth-order valence-electron chi connectivity index (χ4n) is 1.29. The van der Waals surface area contributed by atoms with Gasteiger partial charge in [0.05, 0.1) is 11.7 Å². The minimum absolute atomic E-state index is 0.125. The van der Waals surface area contributed by atoms with E-state index in [-0.39, 0.29) is 11.2 Å². The molecule has 0 aliphatic carbocycles. The predicted octanol–water partition coefficient (Wildman–Crippen LogP) is 3.13. The maximum absolute atomic E-state index is 12.3. The van der Waals surface area contributed by atoms with E-state index in [0.717, 1.165) is 5.69 Å². The van der Waals surface area contributed by atoms with Gasteiger partial charge in [0.2, 0.25) is 11.0 Å². The van der Waals surface area contributed by atoms with E-state index in [1.165, 1.54) is 0 Å². The molecule has 0 aliphatic heterocycles. The molecular formula is C10H9F3N4S. The number of rotatable bonds is 3. The number of hydrogen-bond acceptors (Lipinski definition) is 5. The molecule has 2 rings (SSSR count). The molecular weight excluding hydrogens is 265 g/mol. The molecule has 0 spiro atoms. The largest absolute Gasteiger partial charge is 0.452 e. The summed E-state index contributed by atoms with van der Waals surface area (Å²) in [7, 11) is 0. The number of halogens is 3. The summed E-state index contributed by atoms with van der Waals surface area (Å²) in [5.41, 5.74) is 0.723. The summed E-state index contributed by atoms with van der Waals surface area (Å²) in [5.74, 6) is -1.12. The summed E-state index contributed by atoms with van der Waals surface area (Å²) in [5, 5.41) is 2.96. The van der Waals surface area contributed by atoms with E-state index >= 15 is 0 Å². The number of hydrogen-bond donors (Lipinski definition) is 1. The zero-order valence-electron chi connectivity index (χ0n) is 9.27. The van der Waals surface area contributed by atoms with Crippen molar-refractivity contribution >= 4 is 16.7 Å². The van der Waals surface area contributed by atoms with Crippen LogP contribution >= 0.6 is 11.5 Å². The van der Waals surface area contributed by atoms with Crippen molar-refractivity contribution in [1.29, 1.82) is 0 Å². The van der Waals surface area contributed by atoms with Crippen molar-refractivity contribution in [3.63, 3.8) is 0 Å². The van der Waals surface area contributed by atoms with E-state index in [9.17, 15) is 13.2 Å². The van der Waals surface area contributed by atoms with Gasteiger partial charge in [-0.2, -0.15) is 22.5 Å². The van der Waals surface area contributed by atoms with Gasteiger partial charge in [0.1, 0.15) is 0 Å². The predicted molar refractivity (Wildman–Crippen MR) is 61.2 cm³/mol. The molecule has 4 nitrogen and oxygen atoms in total. The van der Waals surface area contributed by atoms with Gasteiger partial charge in [0, 0.05) is 17.7 Å². The molecule has 2 aromatic heterocycles. The molecule has 0 radical (unpaired) electrons. The summed E-state index contributed by atoms with van der Waals surface area (Å²) < 4.78 is 40.2. The summed E-state index contributed by atoms with van der Waals surface area (Å²) in [6.07, 6.45) is -2.89. The van der Waals surface area contributed by atoms with E-state index in [1.54, 1.807) is 25.3 Å². The van der Waals surface area contributed by atoms with Crippen molar-refractivity contribution in [1.82, 2.24) is 14.3 Å². The van der Waals surface area contributed by atoms with Gasteiger partial charge in [-0.3, -0.25) is 4.98 Å². The fourth-order valence-corrected chi connectivity index (χ4v) is 1.96. The number of aromatic nitrogens is 3. The van der Waals surface area contributed by atoms with Gasteiger partial charge in [0.15, 0.2) is 0 Å². The second-order valence-corrected chi connectivity index (χ2v) is 4.29. The normalized spacial score (nSPS) is 13.3. The molecule has 2 aromatic rings. The highest BCUT2D eigenvalue weighted by atomic mass is 32.1. The highest BCUT2D eigenvalue weighted by Gasteiger charge is 2.36. The monoisotopic (exact) mass is 274 g/mol. The standard InChI is InChI=1S/C10H9F3N4S/c1-6(7-4-2-3-5-14-7)15-9-16-8(17-18-9)10(11,12)13/h2-6H,1H3,(H,15,16,17). The van der Waals surface area contributed by atoms with Gasteiger partial charge in [-0.15, -0.1) is 0 Å². The van der Waals surface area contributed by atoms with E-state index in [1.807, 2.05) is 6.07 Å². The Morgan fingerprint density at radius 2 is 2.11 bits per heavy atom.